The number of halogens is 2. The Labute approximate surface area is 192 Å². The fourth-order valence-electron chi connectivity index (χ4n) is 2.65. The molecule has 1 aromatic heterocycles. The summed E-state index contributed by atoms with van der Waals surface area (Å²) in [5.41, 5.74) is 3.85. The van der Waals surface area contributed by atoms with E-state index in [1.54, 1.807) is 24.3 Å². The van der Waals surface area contributed by atoms with Gasteiger partial charge in [-0.2, -0.15) is 0 Å². The summed E-state index contributed by atoms with van der Waals surface area (Å²) in [7, 11) is 0. The van der Waals surface area contributed by atoms with E-state index in [0.717, 1.165) is 11.1 Å². The molecule has 24 heavy (non-hydrogen) atoms. The molecule has 1 heterocycles. The van der Waals surface area contributed by atoms with Gasteiger partial charge in [-0.25, -0.2) is 4.98 Å². The zero-order chi connectivity index (χ0) is 16.7. The molecule has 0 N–H and O–H groups in total. The van der Waals surface area contributed by atoms with Crippen LogP contribution >= 0.6 is 23.2 Å². The molecule has 3 rings (SSSR count). The van der Waals surface area contributed by atoms with E-state index < -0.39 is 5.97 Å². The number of carboxylic acid groups (broad SMARTS) is 1. The van der Waals surface area contributed by atoms with Crippen molar-refractivity contribution in [1.29, 1.82) is 0 Å². The summed E-state index contributed by atoms with van der Waals surface area (Å²) in [6.07, 6.45) is 0. The third-order valence-corrected chi connectivity index (χ3v) is 4.42. The first-order chi connectivity index (χ1) is 10.9. The maximum atomic E-state index is 11.6. The van der Waals surface area contributed by atoms with Crippen LogP contribution in [0, 0.1) is 13.8 Å². The number of carboxylic acids is 1. The minimum Gasteiger partial charge on any atom is -0.545 e. The predicted molar refractivity (Wildman–Crippen MR) is 91.0 cm³/mol. The van der Waals surface area contributed by atoms with E-state index in [1.807, 2.05) is 19.9 Å². The Balaban J connectivity index is 0.00000208. The maximum Gasteiger partial charge on any atom is 1.00 e. The number of pyridine rings is 1. The molecule has 0 aliphatic heterocycles. The van der Waals surface area contributed by atoms with Crippen LogP contribution in [0.4, 0.5) is 0 Å². The zero-order valence-electron chi connectivity index (χ0n) is 13.5. The first kappa shape index (κ1) is 19.9. The molecule has 2 aromatic carbocycles. The van der Waals surface area contributed by atoms with E-state index >= 15 is 0 Å². The van der Waals surface area contributed by atoms with Crippen molar-refractivity contribution in [2.75, 3.05) is 0 Å². The molecule has 0 amide bonds. The predicted octanol–water partition coefficient (Wildman–Crippen LogP) is 1.19. The number of carbonyl (C=O) groups is 1. The van der Waals surface area contributed by atoms with Crippen LogP contribution in [0.15, 0.2) is 36.4 Å². The van der Waals surface area contributed by atoms with Crippen molar-refractivity contribution in [3.8, 4) is 11.3 Å². The molecule has 0 saturated carbocycles. The minimum absolute atomic E-state index is 0. The summed E-state index contributed by atoms with van der Waals surface area (Å²) in [6.45, 7) is 3.82. The monoisotopic (exact) mass is 383 g/mol. The molecule has 0 atom stereocenters. The molecule has 0 aliphatic carbocycles. The number of hydrogen-bond acceptors (Lipinski definition) is 3. The Morgan fingerprint density at radius 2 is 1.75 bits per heavy atom. The summed E-state index contributed by atoms with van der Waals surface area (Å²) in [4.78, 5) is 16.2. The molecule has 0 radical (unpaired) electrons. The topological polar surface area (TPSA) is 53.0 Å². The molecule has 0 fully saturated rings. The molecule has 0 aliphatic rings. The second kappa shape index (κ2) is 7.83. The van der Waals surface area contributed by atoms with Gasteiger partial charge in [0.25, 0.3) is 0 Å². The standard InChI is InChI=1S/C18H13Cl2NO2.K/c1-9-5-10(2)17-12(6-9)13(18(22)23)8-16(21-17)11-3-4-14(19)15(20)7-11;/h3-8H,1-2H3,(H,22,23);/q;+1/p-1. The van der Waals surface area contributed by atoms with Crippen molar-refractivity contribution in [3.63, 3.8) is 0 Å². The van der Waals surface area contributed by atoms with E-state index in [9.17, 15) is 9.90 Å². The molecule has 0 spiro atoms. The van der Waals surface area contributed by atoms with Crippen molar-refractivity contribution in [1.82, 2.24) is 4.98 Å². The average Bonchev–Trinajstić information content (AvgIpc) is 2.49. The van der Waals surface area contributed by atoms with Crippen LogP contribution in [-0.2, 0) is 0 Å². The van der Waals surface area contributed by atoms with Gasteiger partial charge in [0.15, 0.2) is 0 Å². The summed E-state index contributed by atoms with van der Waals surface area (Å²) in [5.74, 6) is -1.23. The Morgan fingerprint density at radius 3 is 2.38 bits per heavy atom. The van der Waals surface area contributed by atoms with Crippen LogP contribution in [0.1, 0.15) is 21.5 Å². The molecule has 6 heteroatoms. The molecular formula is C18H12Cl2KNO2. The van der Waals surface area contributed by atoms with Gasteiger partial charge in [0.2, 0.25) is 0 Å². The van der Waals surface area contributed by atoms with E-state index in [0.29, 0.717) is 32.2 Å². The van der Waals surface area contributed by atoms with Gasteiger partial charge in [-0.3, -0.25) is 0 Å². The van der Waals surface area contributed by atoms with Crippen molar-refractivity contribution >= 4 is 40.1 Å². The average molecular weight is 384 g/mol. The SMILES string of the molecule is Cc1cc(C)c2nc(-c3ccc(Cl)c(Cl)c3)cc(C(=O)[O-])c2c1.[K+]. The van der Waals surface area contributed by atoms with Crippen molar-refractivity contribution in [3.05, 3.63) is 63.1 Å². The van der Waals surface area contributed by atoms with Crippen molar-refractivity contribution < 1.29 is 61.3 Å². The van der Waals surface area contributed by atoms with Gasteiger partial charge < -0.3 is 9.90 Å². The van der Waals surface area contributed by atoms with Gasteiger partial charge in [-0.1, -0.05) is 40.9 Å². The summed E-state index contributed by atoms with van der Waals surface area (Å²) in [6, 6.07) is 10.4. The number of aromatic carboxylic acids is 1. The first-order valence-corrected chi connectivity index (χ1v) is 7.71. The minimum atomic E-state index is -1.23. The Hall–Kier alpha value is -0.464. The molecule has 0 unspecified atom stereocenters. The molecule has 0 saturated heterocycles. The second-order valence-electron chi connectivity index (χ2n) is 5.45. The van der Waals surface area contributed by atoms with Gasteiger partial charge in [0.1, 0.15) is 0 Å². The van der Waals surface area contributed by atoms with Crippen LogP contribution in [-0.4, -0.2) is 11.0 Å². The van der Waals surface area contributed by atoms with E-state index in [1.165, 1.54) is 6.07 Å². The first-order valence-electron chi connectivity index (χ1n) is 6.95. The van der Waals surface area contributed by atoms with Gasteiger partial charge >= 0.3 is 51.4 Å². The van der Waals surface area contributed by atoms with Crippen LogP contribution in [0.25, 0.3) is 22.2 Å². The summed E-state index contributed by atoms with van der Waals surface area (Å²) in [5, 5.41) is 13.0. The number of nitrogens with zero attached hydrogens (tertiary/aromatic N) is 1. The van der Waals surface area contributed by atoms with E-state index in [4.69, 9.17) is 23.2 Å². The Morgan fingerprint density at radius 1 is 1.04 bits per heavy atom. The molecular weight excluding hydrogens is 372 g/mol. The number of aryl methyl sites for hydroxylation is 2. The number of carbonyl (C=O) groups excluding carboxylic acids is 1. The fourth-order valence-corrected chi connectivity index (χ4v) is 2.95. The smallest absolute Gasteiger partial charge is 0.545 e. The summed E-state index contributed by atoms with van der Waals surface area (Å²) >= 11 is 12.0. The van der Waals surface area contributed by atoms with Gasteiger partial charge in [-0.05, 0) is 43.7 Å². The zero-order valence-corrected chi connectivity index (χ0v) is 18.1. The van der Waals surface area contributed by atoms with E-state index in [-0.39, 0.29) is 56.9 Å². The maximum absolute atomic E-state index is 11.6. The number of hydrogen-bond donors (Lipinski definition) is 0. The second-order valence-corrected chi connectivity index (χ2v) is 6.26. The van der Waals surface area contributed by atoms with Crippen molar-refractivity contribution in [2.45, 2.75) is 13.8 Å². The van der Waals surface area contributed by atoms with Gasteiger partial charge in [-0.15, -0.1) is 0 Å². The third-order valence-electron chi connectivity index (χ3n) is 3.68. The van der Waals surface area contributed by atoms with Crippen LogP contribution in [0.5, 0.6) is 0 Å². The van der Waals surface area contributed by atoms with Crippen LogP contribution in [0.3, 0.4) is 0 Å². The Kier molecular flexibility index (Phi) is 6.48. The van der Waals surface area contributed by atoms with Crippen molar-refractivity contribution in [2.24, 2.45) is 0 Å². The molecule has 116 valence electrons. The number of aromatic nitrogens is 1. The molecule has 3 nitrogen and oxygen atoms in total. The quantitative estimate of drug-likeness (QED) is 0.624. The largest absolute Gasteiger partial charge is 1.00 e. The van der Waals surface area contributed by atoms with E-state index in [2.05, 4.69) is 4.98 Å². The number of benzene rings is 2. The fraction of sp³-hybridized carbons (Fsp3) is 0.111. The summed E-state index contributed by atoms with van der Waals surface area (Å²) < 4.78 is 0. The number of rotatable bonds is 2. The normalized spacial score (nSPS) is 10.5. The van der Waals surface area contributed by atoms with Crippen LogP contribution < -0.4 is 56.5 Å². The molecule has 0 bridgehead atoms. The number of fused-ring (bicyclic) bond motifs is 1. The van der Waals surface area contributed by atoms with Gasteiger partial charge in [0.05, 0.1) is 27.2 Å². The van der Waals surface area contributed by atoms with Crippen LogP contribution in [0.2, 0.25) is 10.0 Å². The van der Waals surface area contributed by atoms with Gasteiger partial charge in [0, 0.05) is 16.5 Å². The Bertz CT molecular complexity index is 957. The molecule has 3 aromatic rings. The third kappa shape index (κ3) is 3.86.